The molecule has 63 heavy (non-hydrogen) atoms. The van der Waals surface area contributed by atoms with Crippen LogP contribution in [0.4, 0.5) is 34.1 Å². The van der Waals surface area contributed by atoms with E-state index >= 15 is 0 Å². The summed E-state index contributed by atoms with van der Waals surface area (Å²) in [5.74, 6) is 0.839. The second kappa shape index (κ2) is 18.0. The van der Waals surface area contributed by atoms with Crippen molar-refractivity contribution in [2.24, 2.45) is 5.92 Å². The Morgan fingerprint density at radius 3 is 0.762 bits per heavy atom. The van der Waals surface area contributed by atoms with Crippen molar-refractivity contribution in [1.82, 2.24) is 0 Å². The van der Waals surface area contributed by atoms with Crippen LogP contribution in [-0.4, -0.2) is 0 Å². The topological polar surface area (TPSA) is 6.48 Å². The van der Waals surface area contributed by atoms with Crippen LogP contribution in [0.3, 0.4) is 0 Å². The number of nitrogens with zero attached hydrogens (tertiary/aromatic N) is 2. The molecule has 302 valence electrons. The predicted octanol–water partition coefficient (Wildman–Crippen LogP) is 17.1. The molecular formula is C61H48N2. The molecule has 0 spiro atoms. The van der Waals surface area contributed by atoms with Gasteiger partial charge in [0.25, 0.3) is 0 Å². The van der Waals surface area contributed by atoms with Gasteiger partial charge in [0.2, 0.25) is 0 Å². The highest BCUT2D eigenvalue weighted by Crippen LogP contribution is 2.41. The van der Waals surface area contributed by atoms with Crippen molar-refractivity contribution in [2.75, 3.05) is 9.80 Å². The van der Waals surface area contributed by atoms with Gasteiger partial charge in [-0.05, 0) is 129 Å². The van der Waals surface area contributed by atoms with E-state index in [0.717, 1.165) is 45.3 Å². The maximum Gasteiger partial charge on any atom is 0.0462 e. The summed E-state index contributed by atoms with van der Waals surface area (Å²) in [6.07, 6.45) is 8.93. The van der Waals surface area contributed by atoms with E-state index < -0.39 is 0 Å². The highest BCUT2D eigenvalue weighted by atomic mass is 15.1. The zero-order valence-corrected chi connectivity index (χ0v) is 35.4. The van der Waals surface area contributed by atoms with Gasteiger partial charge in [-0.2, -0.15) is 0 Å². The highest BCUT2D eigenvalue weighted by Gasteiger charge is 2.19. The van der Waals surface area contributed by atoms with E-state index in [0.29, 0.717) is 11.8 Å². The van der Waals surface area contributed by atoms with E-state index in [9.17, 15) is 0 Å². The molecule has 0 aliphatic heterocycles. The lowest BCUT2D eigenvalue weighted by molar-refractivity contribution is 0.635. The molecule has 9 aromatic carbocycles. The summed E-state index contributed by atoms with van der Waals surface area (Å²) in [5, 5.41) is 0. The Balaban J connectivity index is 0.956. The van der Waals surface area contributed by atoms with E-state index in [-0.39, 0.29) is 0 Å². The molecule has 0 amide bonds. The summed E-state index contributed by atoms with van der Waals surface area (Å²) in [7, 11) is 0. The fraction of sp³-hybridized carbons (Fsp3) is 0.0492. The smallest absolute Gasteiger partial charge is 0.0462 e. The van der Waals surface area contributed by atoms with E-state index in [2.05, 4.69) is 278 Å². The first kappa shape index (κ1) is 39.2. The molecule has 9 aromatic rings. The van der Waals surface area contributed by atoms with Gasteiger partial charge in [-0.1, -0.05) is 195 Å². The minimum atomic E-state index is 0.376. The molecule has 2 nitrogen and oxygen atoms in total. The molecule has 0 bridgehead atoms. The van der Waals surface area contributed by atoms with Crippen LogP contribution in [0.5, 0.6) is 0 Å². The second-order valence-corrected chi connectivity index (χ2v) is 16.2. The van der Waals surface area contributed by atoms with Gasteiger partial charge >= 0.3 is 0 Å². The van der Waals surface area contributed by atoms with Gasteiger partial charge in [0, 0.05) is 40.0 Å². The molecule has 0 aromatic heterocycles. The molecule has 0 saturated heterocycles. The average molecular weight is 809 g/mol. The average Bonchev–Trinajstić information content (AvgIpc) is 3.36. The van der Waals surface area contributed by atoms with Crippen LogP contribution in [0, 0.1) is 5.92 Å². The number of anilines is 6. The number of rotatable bonds is 11. The maximum absolute atomic E-state index is 2.36. The molecule has 10 rings (SSSR count). The maximum atomic E-state index is 2.36. The van der Waals surface area contributed by atoms with Crippen molar-refractivity contribution in [2.45, 2.75) is 12.8 Å². The Morgan fingerprint density at radius 2 is 0.492 bits per heavy atom. The summed E-state index contributed by atoms with van der Waals surface area (Å²) >= 11 is 0. The SMILES string of the molecule is CC1C=CC=CC1c1ccc(N(c2ccc(-c3ccccc3)cc2)c2ccc(-c3ccc(N(c4ccc(-c5ccccc5)cc4)c4ccc(-c5ccccc5)cc4)cc3)cc2)cc1. The normalized spacial score (nSPS) is 14.3. The predicted molar refractivity (Wildman–Crippen MR) is 268 cm³/mol. The third kappa shape index (κ3) is 8.53. The Kier molecular flexibility index (Phi) is 11.2. The number of hydrogen-bond donors (Lipinski definition) is 0. The van der Waals surface area contributed by atoms with Crippen LogP contribution in [0.1, 0.15) is 18.4 Å². The lowest BCUT2D eigenvalue weighted by Gasteiger charge is -2.27. The molecule has 0 heterocycles. The summed E-state index contributed by atoms with van der Waals surface area (Å²) in [6.45, 7) is 2.29. The summed E-state index contributed by atoms with van der Waals surface area (Å²) in [5.41, 5.74) is 17.5. The molecule has 2 heteroatoms. The van der Waals surface area contributed by atoms with Crippen LogP contribution < -0.4 is 9.80 Å². The largest absolute Gasteiger partial charge is 0.311 e. The fourth-order valence-electron chi connectivity index (χ4n) is 8.78. The standard InChI is InChI=1S/C61H48N2/c1-45-13-11-12-20-61(45)54-31-43-60(44-32-54)63(57-37-25-51(26-38-57)48-18-9-4-10-19-48)59-41-29-53(30-42-59)52-27-39-58(40-28-52)62(55-33-21-49(22-34-55)46-14-5-2-6-15-46)56-35-23-50(24-36-56)47-16-7-3-8-17-47/h2-45,61H,1H3. The van der Waals surface area contributed by atoms with Gasteiger partial charge < -0.3 is 9.80 Å². The number of hydrogen-bond acceptors (Lipinski definition) is 2. The molecular weight excluding hydrogens is 761 g/mol. The molecule has 0 radical (unpaired) electrons. The molecule has 1 aliphatic rings. The summed E-state index contributed by atoms with van der Waals surface area (Å²) in [6, 6.07) is 85.4. The molecule has 0 N–H and O–H groups in total. The van der Waals surface area contributed by atoms with Gasteiger partial charge in [-0.25, -0.2) is 0 Å². The zero-order valence-electron chi connectivity index (χ0n) is 35.4. The van der Waals surface area contributed by atoms with Gasteiger partial charge in [0.1, 0.15) is 0 Å². The van der Waals surface area contributed by atoms with E-state index in [1.54, 1.807) is 0 Å². The van der Waals surface area contributed by atoms with E-state index in [1.165, 1.54) is 38.9 Å². The lowest BCUT2D eigenvalue weighted by Crippen LogP contribution is -2.11. The van der Waals surface area contributed by atoms with Crippen molar-refractivity contribution in [3.8, 4) is 44.5 Å². The lowest BCUT2D eigenvalue weighted by atomic mass is 9.84. The highest BCUT2D eigenvalue weighted by molar-refractivity contribution is 5.83. The van der Waals surface area contributed by atoms with Gasteiger partial charge in [0.15, 0.2) is 0 Å². The minimum Gasteiger partial charge on any atom is -0.311 e. The fourth-order valence-corrected chi connectivity index (χ4v) is 8.78. The first-order chi connectivity index (χ1) is 31.1. The van der Waals surface area contributed by atoms with Gasteiger partial charge in [-0.3, -0.25) is 0 Å². The number of benzene rings is 9. The quantitative estimate of drug-likeness (QED) is 0.128. The van der Waals surface area contributed by atoms with E-state index in [4.69, 9.17) is 0 Å². The molecule has 1 aliphatic carbocycles. The van der Waals surface area contributed by atoms with Crippen molar-refractivity contribution in [1.29, 1.82) is 0 Å². The second-order valence-electron chi connectivity index (χ2n) is 16.2. The zero-order chi connectivity index (χ0) is 42.4. The molecule has 0 saturated carbocycles. The Morgan fingerprint density at radius 1 is 0.254 bits per heavy atom. The van der Waals surface area contributed by atoms with Crippen molar-refractivity contribution in [3.63, 3.8) is 0 Å². The Labute approximate surface area is 372 Å². The van der Waals surface area contributed by atoms with E-state index in [1.807, 2.05) is 0 Å². The van der Waals surface area contributed by atoms with Crippen molar-refractivity contribution >= 4 is 34.1 Å². The summed E-state index contributed by atoms with van der Waals surface area (Å²) < 4.78 is 0. The van der Waals surface area contributed by atoms with Crippen molar-refractivity contribution in [3.05, 3.63) is 266 Å². The molecule has 2 atom stereocenters. The molecule has 2 unspecified atom stereocenters. The van der Waals surface area contributed by atoms with Crippen molar-refractivity contribution < 1.29 is 0 Å². The molecule has 0 fully saturated rings. The first-order valence-corrected chi connectivity index (χ1v) is 21.9. The first-order valence-electron chi connectivity index (χ1n) is 21.9. The third-order valence-corrected chi connectivity index (χ3v) is 12.2. The minimum absolute atomic E-state index is 0.376. The Bertz CT molecular complexity index is 2850. The Hall–Kier alpha value is -7.94. The van der Waals surface area contributed by atoms with Crippen LogP contribution >= 0.6 is 0 Å². The van der Waals surface area contributed by atoms with Crippen LogP contribution in [0.25, 0.3) is 44.5 Å². The van der Waals surface area contributed by atoms with Crippen LogP contribution in [0.15, 0.2) is 261 Å². The monoisotopic (exact) mass is 808 g/mol. The van der Waals surface area contributed by atoms with Crippen LogP contribution in [0.2, 0.25) is 0 Å². The number of allylic oxidation sites excluding steroid dienone is 4. The summed E-state index contributed by atoms with van der Waals surface area (Å²) in [4.78, 5) is 4.69. The van der Waals surface area contributed by atoms with Gasteiger partial charge in [-0.15, -0.1) is 0 Å². The third-order valence-electron chi connectivity index (χ3n) is 12.2. The van der Waals surface area contributed by atoms with Crippen LogP contribution in [-0.2, 0) is 0 Å². The van der Waals surface area contributed by atoms with Gasteiger partial charge in [0.05, 0.1) is 0 Å².